The van der Waals surface area contributed by atoms with E-state index in [9.17, 15) is 4.79 Å². The van der Waals surface area contributed by atoms with Crippen LogP contribution in [0.3, 0.4) is 0 Å². The molecule has 2 N–H and O–H groups in total. The third kappa shape index (κ3) is 1.81. The van der Waals surface area contributed by atoms with Crippen LogP contribution in [-0.2, 0) is 0 Å². The molecule has 0 spiro atoms. The minimum absolute atomic E-state index is 0.0261. The first-order valence-electron chi connectivity index (χ1n) is 5.84. The molecule has 1 aliphatic carbocycles. The van der Waals surface area contributed by atoms with Crippen molar-refractivity contribution in [1.29, 1.82) is 0 Å². The maximum atomic E-state index is 10.6. The molecule has 1 heterocycles. The van der Waals surface area contributed by atoms with Gasteiger partial charge in [0.25, 0.3) is 0 Å². The normalized spacial score (nSPS) is 21.2. The molecule has 1 aromatic rings. The number of hydrogen-bond acceptors (Lipinski definition) is 3. The molecule has 4 heteroatoms. The maximum Gasteiger partial charge on any atom is 0.371 e. The lowest BCUT2D eigenvalue weighted by molar-refractivity contribution is 0.0663. The summed E-state index contributed by atoms with van der Waals surface area (Å²) in [5.74, 6) is 0.0428. The second kappa shape index (κ2) is 3.52. The molecule has 2 rings (SSSR count). The average Bonchev–Trinajstić information content (AvgIpc) is 2.58. The number of anilines is 1. The molecule has 1 saturated carbocycles. The molecule has 4 nitrogen and oxygen atoms in total. The van der Waals surface area contributed by atoms with Crippen LogP contribution in [0.2, 0.25) is 0 Å². The number of furan rings is 1. The smallest absolute Gasteiger partial charge is 0.371 e. The van der Waals surface area contributed by atoms with Crippen LogP contribution in [0.15, 0.2) is 16.5 Å². The molecule has 0 unspecified atom stereocenters. The third-order valence-corrected chi connectivity index (χ3v) is 4.62. The summed E-state index contributed by atoms with van der Waals surface area (Å²) >= 11 is 0. The molecule has 0 aromatic carbocycles. The van der Waals surface area contributed by atoms with E-state index >= 15 is 0 Å². The molecule has 1 aliphatic rings. The van der Waals surface area contributed by atoms with Crippen LogP contribution in [0.1, 0.15) is 38.2 Å². The summed E-state index contributed by atoms with van der Waals surface area (Å²) in [6, 6.07) is 3.12. The zero-order valence-electron chi connectivity index (χ0n) is 10.7. The van der Waals surface area contributed by atoms with Gasteiger partial charge >= 0.3 is 5.97 Å². The van der Waals surface area contributed by atoms with Crippen LogP contribution < -0.4 is 5.32 Å². The Morgan fingerprint density at radius 3 is 2.35 bits per heavy atom. The maximum absolute atomic E-state index is 10.6. The molecule has 0 amide bonds. The Labute approximate surface area is 101 Å². The van der Waals surface area contributed by atoms with Crippen molar-refractivity contribution in [2.75, 3.05) is 11.9 Å². The van der Waals surface area contributed by atoms with Gasteiger partial charge in [-0.05, 0) is 22.8 Å². The molecule has 94 valence electrons. The van der Waals surface area contributed by atoms with Crippen LogP contribution in [0.25, 0.3) is 0 Å². The molecule has 1 fully saturated rings. The van der Waals surface area contributed by atoms with Gasteiger partial charge < -0.3 is 14.8 Å². The van der Waals surface area contributed by atoms with Gasteiger partial charge in [-0.3, -0.25) is 0 Å². The predicted octanol–water partition coefficient (Wildman–Crippen LogP) is 3.07. The molecule has 17 heavy (non-hydrogen) atoms. The molecule has 0 atom stereocenters. The van der Waals surface area contributed by atoms with Gasteiger partial charge in [0.2, 0.25) is 5.76 Å². The van der Waals surface area contributed by atoms with Gasteiger partial charge in [-0.2, -0.15) is 0 Å². The second-order valence-corrected chi connectivity index (χ2v) is 5.85. The summed E-state index contributed by atoms with van der Waals surface area (Å²) in [4.78, 5) is 10.6. The van der Waals surface area contributed by atoms with Crippen molar-refractivity contribution in [3.63, 3.8) is 0 Å². The fraction of sp³-hybridized carbons (Fsp3) is 0.615. The highest BCUT2D eigenvalue weighted by Crippen LogP contribution is 2.68. The van der Waals surface area contributed by atoms with Crippen molar-refractivity contribution in [3.8, 4) is 0 Å². The first-order chi connectivity index (χ1) is 7.76. The highest BCUT2D eigenvalue weighted by molar-refractivity contribution is 5.84. The fourth-order valence-electron chi connectivity index (χ4n) is 2.59. The van der Waals surface area contributed by atoms with E-state index in [4.69, 9.17) is 9.52 Å². The van der Waals surface area contributed by atoms with Gasteiger partial charge in [-0.1, -0.05) is 27.7 Å². The van der Waals surface area contributed by atoms with E-state index < -0.39 is 5.97 Å². The highest BCUT2D eigenvalue weighted by atomic mass is 16.4. The number of hydrogen-bond donors (Lipinski definition) is 2. The Morgan fingerprint density at radius 1 is 1.35 bits per heavy atom. The molecule has 0 saturated heterocycles. The van der Waals surface area contributed by atoms with E-state index in [0.29, 0.717) is 22.6 Å². The number of carboxylic acid groups (broad SMARTS) is 1. The van der Waals surface area contributed by atoms with Crippen LogP contribution in [0.5, 0.6) is 0 Å². The van der Waals surface area contributed by atoms with Crippen molar-refractivity contribution in [2.24, 2.45) is 16.7 Å². The minimum atomic E-state index is -1.04. The molecular formula is C13H19NO3. The summed E-state index contributed by atoms with van der Waals surface area (Å²) < 4.78 is 5.15. The molecule has 0 radical (unpaired) electrons. The van der Waals surface area contributed by atoms with E-state index in [1.54, 1.807) is 6.07 Å². The Hall–Kier alpha value is -1.45. The van der Waals surface area contributed by atoms with E-state index in [1.165, 1.54) is 6.07 Å². The predicted molar refractivity (Wildman–Crippen MR) is 65.2 cm³/mol. The Kier molecular flexibility index (Phi) is 2.49. The highest BCUT2D eigenvalue weighted by Gasteiger charge is 2.64. The van der Waals surface area contributed by atoms with Crippen LogP contribution in [0.4, 0.5) is 5.88 Å². The largest absolute Gasteiger partial charge is 0.475 e. The lowest BCUT2D eigenvalue weighted by Gasteiger charge is -2.04. The summed E-state index contributed by atoms with van der Waals surface area (Å²) in [5, 5.41) is 11.9. The first kappa shape index (κ1) is 12.0. The molecular weight excluding hydrogens is 218 g/mol. The van der Waals surface area contributed by atoms with E-state index in [0.717, 1.165) is 6.54 Å². The fourth-order valence-corrected chi connectivity index (χ4v) is 2.59. The van der Waals surface area contributed by atoms with Crippen LogP contribution >= 0.6 is 0 Å². The van der Waals surface area contributed by atoms with Gasteiger partial charge in [0.1, 0.15) is 0 Å². The SMILES string of the molecule is CC1(C)C(CNc2ccc(C(=O)O)o2)C1(C)C. The standard InChI is InChI=1S/C13H19NO3/c1-12(2)9(13(12,3)4)7-14-10-6-5-8(17-10)11(15)16/h5-6,9,14H,7H2,1-4H3,(H,15,16). The second-order valence-electron chi connectivity index (χ2n) is 5.85. The van der Waals surface area contributed by atoms with Gasteiger partial charge in [0, 0.05) is 12.6 Å². The van der Waals surface area contributed by atoms with Gasteiger partial charge in [-0.15, -0.1) is 0 Å². The average molecular weight is 237 g/mol. The minimum Gasteiger partial charge on any atom is -0.475 e. The number of carbonyl (C=O) groups is 1. The molecule has 0 bridgehead atoms. The zero-order chi connectivity index (χ0) is 12.8. The number of aromatic carboxylic acids is 1. The summed E-state index contributed by atoms with van der Waals surface area (Å²) in [7, 11) is 0. The van der Waals surface area contributed by atoms with Crippen molar-refractivity contribution in [3.05, 3.63) is 17.9 Å². The number of carboxylic acids is 1. The van der Waals surface area contributed by atoms with E-state index in [2.05, 4.69) is 33.0 Å². The third-order valence-electron chi connectivity index (χ3n) is 4.62. The van der Waals surface area contributed by atoms with Crippen LogP contribution in [0, 0.1) is 16.7 Å². The van der Waals surface area contributed by atoms with Crippen molar-refractivity contribution < 1.29 is 14.3 Å². The topological polar surface area (TPSA) is 62.5 Å². The Bertz CT molecular complexity index is 431. The Morgan fingerprint density at radius 2 is 1.94 bits per heavy atom. The van der Waals surface area contributed by atoms with Gasteiger partial charge in [0.15, 0.2) is 5.88 Å². The van der Waals surface area contributed by atoms with E-state index in [-0.39, 0.29) is 5.76 Å². The number of rotatable bonds is 4. The van der Waals surface area contributed by atoms with Crippen molar-refractivity contribution in [1.82, 2.24) is 0 Å². The summed E-state index contributed by atoms with van der Waals surface area (Å²) in [6.45, 7) is 9.83. The van der Waals surface area contributed by atoms with Gasteiger partial charge in [0.05, 0.1) is 0 Å². The Balaban J connectivity index is 1.93. The van der Waals surface area contributed by atoms with E-state index in [1.807, 2.05) is 0 Å². The van der Waals surface area contributed by atoms with Crippen LogP contribution in [-0.4, -0.2) is 17.6 Å². The van der Waals surface area contributed by atoms with Crippen molar-refractivity contribution >= 4 is 11.9 Å². The lowest BCUT2D eigenvalue weighted by Crippen LogP contribution is -2.07. The van der Waals surface area contributed by atoms with Gasteiger partial charge in [-0.25, -0.2) is 4.79 Å². The number of nitrogens with one attached hydrogen (secondary N) is 1. The summed E-state index contributed by atoms with van der Waals surface area (Å²) in [6.07, 6.45) is 0. The molecule has 0 aliphatic heterocycles. The molecule has 1 aromatic heterocycles. The zero-order valence-corrected chi connectivity index (χ0v) is 10.7. The first-order valence-corrected chi connectivity index (χ1v) is 5.84. The monoisotopic (exact) mass is 237 g/mol. The lowest BCUT2D eigenvalue weighted by atomic mass is 10.0. The van der Waals surface area contributed by atoms with Crippen molar-refractivity contribution in [2.45, 2.75) is 27.7 Å². The summed E-state index contributed by atoms with van der Waals surface area (Å²) in [5.41, 5.74) is 0.643. The quantitative estimate of drug-likeness (QED) is 0.844.